The van der Waals surface area contributed by atoms with Gasteiger partial charge in [0.1, 0.15) is 0 Å². The number of hydrogen-bond acceptors (Lipinski definition) is 3. The van der Waals surface area contributed by atoms with Crippen LogP contribution in [0.2, 0.25) is 0 Å². The normalized spacial score (nSPS) is 11.4. The summed E-state index contributed by atoms with van der Waals surface area (Å²) >= 11 is 1.89. The smallest absolute Gasteiger partial charge is 0.0555 e. The SMILES string of the molecule is c1ccc(-c2ccc(N(c3ccccc3)c3ccc4c(c3)c3c5sc6ccccc6c5ccc3n4-c3ccc(N(c4ccccc4)c4ccccc4)cc3)cc2)cc1. The molecule has 0 saturated carbocycles. The molecule has 0 aliphatic heterocycles. The van der Waals surface area contributed by atoms with E-state index in [1.807, 2.05) is 11.3 Å². The zero-order chi connectivity index (χ0) is 38.4. The number of rotatable bonds is 8. The Kier molecular flexibility index (Phi) is 8.34. The summed E-state index contributed by atoms with van der Waals surface area (Å²) in [5.41, 5.74) is 12.6. The zero-order valence-corrected chi connectivity index (χ0v) is 32.4. The van der Waals surface area contributed by atoms with Crippen molar-refractivity contribution in [2.75, 3.05) is 9.80 Å². The van der Waals surface area contributed by atoms with Crippen LogP contribution in [-0.2, 0) is 0 Å². The summed E-state index contributed by atoms with van der Waals surface area (Å²) in [5, 5.41) is 5.11. The first-order valence-corrected chi connectivity index (χ1v) is 20.5. The number of fused-ring (bicyclic) bond motifs is 7. The van der Waals surface area contributed by atoms with Crippen molar-refractivity contribution in [3.63, 3.8) is 0 Å². The third-order valence-corrected chi connectivity index (χ3v) is 12.4. The van der Waals surface area contributed by atoms with Crippen molar-refractivity contribution in [3.05, 3.63) is 224 Å². The Morgan fingerprint density at radius 1 is 0.328 bits per heavy atom. The van der Waals surface area contributed by atoms with E-state index in [0.29, 0.717) is 0 Å². The van der Waals surface area contributed by atoms with Crippen LogP contribution in [0.3, 0.4) is 0 Å². The van der Waals surface area contributed by atoms with Gasteiger partial charge in [0, 0.05) is 70.8 Å². The molecule has 0 N–H and O–H groups in total. The predicted octanol–water partition coefficient (Wildman–Crippen LogP) is 15.8. The van der Waals surface area contributed by atoms with Crippen LogP contribution in [0.1, 0.15) is 0 Å². The highest BCUT2D eigenvalue weighted by Crippen LogP contribution is 2.46. The quantitative estimate of drug-likeness (QED) is 0.153. The highest BCUT2D eigenvalue weighted by Gasteiger charge is 2.21. The maximum atomic E-state index is 2.44. The van der Waals surface area contributed by atoms with Crippen molar-refractivity contribution in [3.8, 4) is 16.8 Å². The lowest BCUT2D eigenvalue weighted by Gasteiger charge is -2.26. The van der Waals surface area contributed by atoms with Crippen LogP contribution in [0.25, 0.3) is 58.8 Å². The fourth-order valence-electron chi connectivity index (χ4n) is 8.50. The minimum absolute atomic E-state index is 1.10. The number of anilines is 6. The molecular weight excluding hydrogens is 723 g/mol. The van der Waals surface area contributed by atoms with Gasteiger partial charge in [0.2, 0.25) is 0 Å². The van der Waals surface area contributed by atoms with Gasteiger partial charge in [-0.25, -0.2) is 0 Å². The highest BCUT2D eigenvalue weighted by atomic mass is 32.1. The van der Waals surface area contributed by atoms with Gasteiger partial charge in [0.05, 0.1) is 11.0 Å². The molecule has 0 radical (unpaired) electrons. The number of para-hydroxylation sites is 3. The highest BCUT2D eigenvalue weighted by molar-refractivity contribution is 7.26. The first-order chi connectivity index (χ1) is 28.8. The maximum Gasteiger partial charge on any atom is 0.0555 e. The number of benzene rings is 9. The molecule has 58 heavy (non-hydrogen) atoms. The molecule has 0 bridgehead atoms. The molecular formula is C54H37N3S. The van der Waals surface area contributed by atoms with E-state index in [1.165, 1.54) is 53.1 Å². The van der Waals surface area contributed by atoms with E-state index in [-0.39, 0.29) is 0 Å². The van der Waals surface area contributed by atoms with Gasteiger partial charge in [0.15, 0.2) is 0 Å². The first kappa shape index (κ1) is 33.9. The van der Waals surface area contributed by atoms with E-state index in [9.17, 15) is 0 Å². The van der Waals surface area contributed by atoms with Crippen molar-refractivity contribution in [1.82, 2.24) is 4.57 Å². The molecule has 0 unspecified atom stereocenters. The van der Waals surface area contributed by atoms with Crippen LogP contribution >= 0.6 is 11.3 Å². The summed E-state index contributed by atoms with van der Waals surface area (Å²) in [6.45, 7) is 0. The summed E-state index contributed by atoms with van der Waals surface area (Å²) in [7, 11) is 0. The second-order valence-corrected chi connectivity index (χ2v) is 15.6. The van der Waals surface area contributed by atoms with Gasteiger partial charge in [-0.05, 0) is 114 Å². The van der Waals surface area contributed by atoms with Crippen LogP contribution < -0.4 is 9.80 Å². The van der Waals surface area contributed by atoms with Gasteiger partial charge < -0.3 is 14.4 Å². The van der Waals surface area contributed by atoms with E-state index >= 15 is 0 Å². The second kappa shape index (κ2) is 14.3. The Balaban J connectivity index is 1.10. The lowest BCUT2D eigenvalue weighted by atomic mass is 10.0. The Morgan fingerprint density at radius 3 is 1.41 bits per heavy atom. The average Bonchev–Trinajstić information content (AvgIpc) is 3.84. The zero-order valence-electron chi connectivity index (χ0n) is 31.6. The summed E-state index contributed by atoms with van der Waals surface area (Å²) < 4.78 is 5.06. The summed E-state index contributed by atoms with van der Waals surface area (Å²) in [6, 6.07) is 80.8. The maximum absolute atomic E-state index is 2.44. The number of hydrogen-bond donors (Lipinski definition) is 0. The first-order valence-electron chi connectivity index (χ1n) is 19.7. The largest absolute Gasteiger partial charge is 0.311 e. The van der Waals surface area contributed by atoms with Crippen molar-refractivity contribution in [1.29, 1.82) is 0 Å². The monoisotopic (exact) mass is 759 g/mol. The number of thiophene rings is 1. The molecule has 0 spiro atoms. The van der Waals surface area contributed by atoms with E-state index in [4.69, 9.17) is 0 Å². The Bertz CT molecular complexity index is 3150. The number of aromatic nitrogens is 1. The standard InChI is InChI=1S/C54H37N3S/c1-5-15-38(16-6-1)39-25-27-43(28-26-39)56(42-21-11-4-12-22-42)46-33-35-50-49(37-46)53-51(36-34-48-47-23-13-14-24-52(47)58-54(48)53)57(50)45-31-29-44(30-32-45)55(40-17-7-2-8-18-40)41-19-9-3-10-20-41/h1-37H. The Morgan fingerprint density at radius 2 is 0.793 bits per heavy atom. The molecule has 0 saturated heterocycles. The predicted molar refractivity (Wildman–Crippen MR) is 248 cm³/mol. The third-order valence-electron chi connectivity index (χ3n) is 11.2. The molecule has 11 rings (SSSR count). The minimum atomic E-state index is 1.10. The second-order valence-electron chi connectivity index (χ2n) is 14.6. The van der Waals surface area contributed by atoms with Gasteiger partial charge >= 0.3 is 0 Å². The molecule has 0 atom stereocenters. The van der Waals surface area contributed by atoms with Crippen LogP contribution in [0, 0.1) is 0 Å². The fourth-order valence-corrected chi connectivity index (χ4v) is 9.76. The molecule has 4 heteroatoms. The Labute approximate surface area is 341 Å². The van der Waals surface area contributed by atoms with Gasteiger partial charge in [-0.3, -0.25) is 0 Å². The topological polar surface area (TPSA) is 11.4 Å². The lowest BCUT2D eigenvalue weighted by Crippen LogP contribution is -2.10. The molecule has 0 aliphatic carbocycles. The minimum Gasteiger partial charge on any atom is -0.311 e. The molecule has 0 aliphatic rings. The van der Waals surface area contributed by atoms with E-state index < -0.39 is 0 Å². The molecule has 11 aromatic rings. The summed E-state index contributed by atoms with van der Waals surface area (Å²) in [4.78, 5) is 4.69. The lowest BCUT2D eigenvalue weighted by molar-refractivity contribution is 1.17. The molecule has 2 aromatic heterocycles. The van der Waals surface area contributed by atoms with Gasteiger partial charge in [-0.15, -0.1) is 11.3 Å². The molecule has 9 aromatic carbocycles. The van der Waals surface area contributed by atoms with E-state index in [0.717, 1.165) is 39.8 Å². The van der Waals surface area contributed by atoms with Gasteiger partial charge in [-0.1, -0.05) is 121 Å². The molecule has 2 heterocycles. The molecule has 3 nitrogen and oxygen atoms in total. The van der Waals surface area contributed by atoms with Crippen molar-refractivity contribution < 1.29 is 0 Å². The van der Waals surface area contributed by atoms with Crippen molar-refractivity contribution in [2.24, 2.45) is 0 Å². The van der Waals surface area contributed by atoms with Gasteiger partial charge in [0.25, 0.3) is 0 Å². The molecule has 0 fully saturated rings. The van der Waals surface area contributed by atoms with Crippen LogP contribution in [0.5, 0.6) is 0 Å². The summed E-state index contributed by atoms with van der Waals surface area (Å²) in [6.07, 6.45) is 0. The van der Waals surface area contributed by atoms with Gasteiger partial charge in [-0.2, -0.15) is 0 Å². The molecule has 274 valence electrons. The van der Waals surface area contributed by atoms with E-state index in [1.54, 1.807) is 0 Å². The van der Waals surface area contributed by atoms with Crippen LogP contribution in [-0.4, -0.2) is 4.57 Å². The van der Waals surface area contributed by atoms with Crippen molar-refractivity contribution in [2.45, 2.75) is 0 Å². The summed E-state index contributed by atoms with van der Waals surface area (Å²) in [5.74, 6) is 0. The van der Waals surface area contributed by atoms with Crippen molar-refractivity contribution >= 4 is 87.4 Å². The fraction of sp³-hybridized carbons (Fsp3) is 0. The van der Waals surface area contributed by atoms with E-state index in [2.05, 4.69) is 239 Å². The third kappa shape index (κ3) is 5.82. The number of nitrogens with zero attached hydrogens (tertiary/aromatic N) is 3. The van der Waals surface area contributed by atoms with Crippen LogP contribution in [0.15, 0.2) is 224 Å². The molecule has 0 amide bonds. The van der Waals surface area contributed by atoms with Crippen LogP contribution in [0.4, 0.5) is 34.1 Å². The Hall–Kier alpha value is -7.40. The average molecular weight is 760 g/mol.